The molecule has 0 N–H and O–H groups in total. The monoisotopic (exact) mass is 365 g/mol. The quantitative estimate of drug-likeness (QED) is 0.830. The van der Waals surface area contributed by atoms with E-state index in [1.807, 2.05) is 37.0 Å². The van der Waals surface area contributed by atoms with Crippen LogP contribution in [0.15, 0.2) is 17.0 Å². The number of aryl methyl sites for hydroxylation is 1. The van der Waals surface area contributed by atoms with Gasteiger partial charge in [0.15, 0.2) is 0 Å². The van der Waals surface area contributed by atoms with E-state index >= 15 is 0 Å². The number of amides is 1. The van der Waals surface area contributed by atoms with Crippen LogP contribution in [-0.2, 0) is 4.79 Å². The highest BCUT2D eigenvalue weighted by molar-refractivity contribution is 9.10. The summed E-state index contributed by atoms with van der Waals surface area (Å²) in [5, 5.41) is 0. The molecule has 2 aromatic heterocycles. The van der Waals surface area contributed by atoms with Gasteiger partial charge in [-0.15, -0.1) is 0 Å². The molecule has 7 heteroatoms. The molecular weight excluding hydrogens is 346 g/mol. The van der Waals surface area contributed by atoms with Gasteiger partial charge in [0.25, 0.3) is 0 Å². The van der Waals surface area contributed by atoms with Crippen LogP contribution in [0.3, 0.4) is 0 Å². The summed E-state index contributed by atoms with van der Waals surface area (Å²) in [5.41, 5.74) is 1.96. The van der Waals surface area contributed by atoms with E-state index in [9.17, 15) is 4.79 Å². The Morgan fingerprint density at radius 2 is 2.27 bits per heavy atom. The van der Waals surface area contributed by atoms with Crippen LogP contribution < -0.4 is 0 Å². The fourth-order valence-electron chi connectivity index (χ4n) is 3.02. The van der Waals surface area contributed by atoms with Gasteiger partial charge in [0.2, 0.25) is 5.91 Å². The largest absolute Gasteiger partial charge is 0.341 e. The summed E-state index contributed by atoms with van der Waals surface area (Å²) in [5.74, 6) is 1.46. The van der Waals surface area contributed by atoms with Crippen molar-refractivity contribution in [1.82, 2.24) is 24.2 Å². The van der Waals surface area contributed by atoms with Gasteiger partial charge in [0.05, 0.1) is 12.2 Å². The number of hydrogen-bond acceptors (Lipinski definition) is 4. The summed E-state index contributed by atoms with van der Waals surface area (Å²) in [7, 11) is 3.83. The summed E-state index contributed by atoms with van der Waals surface area (Å²) >= 11 is 3.53. The van der Waals surface area contributed by atoms with Gasteiger partial charge in [-0.1, -0.05) is 0 Å². The number of carbonyl (C=O) groups excluding carboxylic acids is 1. The number of rotatable bonds is 3. The van der Waals surface area contributed by atoms with Crippen LogP contribution in [0.2, 0.25) is 0 Å². The van der Waals surface area contributed by atoms with Crippen molar-refractivity contribution in [3.63, 3.8) is 0 Å². The SMILES string of the molecule is Cc1nccn2c([C@@H]3CCN(C(=O)CN(C)C)C3)nc(Br)c12. The lowest BCUT2D eigenvalue weighted by Crippen LogP contribution is -2.36. The van der Waals surface area contributed by atoms with Crippen LogP contribution in [0.4, 0.5) is 0 Å². The number of carbonyl (C=O) groups is 1. The molecule has 3 rings (SSSR count). The molecule has 0 aromatic carbocycles. The Bertz CT molecular complexity index is 711. The number of likely N-dealkylation sites (tertiary alicyclic amines) is 1. The Kier molecular flexibility index (Phi) is 4.18. The number of aromatic nitrogens is 3. The van der Waals surface area contributed by atoms with E-state index < -0.39 is 0 Å². The highest BCUT2D eigenvalue weighted by Crippen LogP contribution is 2.30. The van der Waals surface area contributed by atoms with Gasteiger partial charge in [-0.05, 0) is 43.4 Å². The fourth-order valence-corrected chi connectivity index (χ4v) is 3.68. The Morgan fingerprint density at radius 1 is 1.50 bits per heavy atom. The molecule has 1 atom stereocenters. The predicted octanol–water partition coefficient (Wildman–Crippen LogP) is 1.68. The van der Waals surface area contributed by atoms with Crippen LogP contribution >= 0.6 is 15.9 Å². The van der Waals surface area contributed by atoms with Gasteiger partial charge in [-0.3, -0.25) is 14.2 Å². The summed E-state index contributed by atoms with van der Waals surface area (Å²) in [6, 6.07) is 0. The van der Waals surface area contributed by atoms with Crippen molar-refractivity contribution in [2.75, 3.05) is 33.7 Å². The molecule has 1 fully saturated rings. The lowest BCUT2D eigenvalue weighted by Gasteiger charge is -2.18. The zero-order valence-electron chi connectivity index (χ0n) is 13.1. The number of imidazole rings is 1. The highest BCUT2D eigenvalue weighted by atomic mass is 79.9. The third-order valence-corrected chi connectivity index (χ3v) is 4.63. The van der Waals surface area contributed by atoms with Crippen molar-refractivity contribution >= 4 is 27.4 Å². The lowest BCUT2D eigenvalue weighted by atomic mass is 10.1. The summed E-state index contributed by atoms with van der Waals surface area (Å²) in [6.07, 6.45) is 4.69. The van der Waals surface area contributed by atoms with E-state index in [-0.39, 0.29) is 11.8 Å². The molecule has 2 aromatic rings. The van der Waals surface area contributed by atoms with Crippen molar-refractivity contribution in [2.45, 2.75) is 19.3 Å². The second-order valence-electron chi connectivity index (χ2n) is 6.06. The number of hydrogen-bond donors (Lipinski definition) is 0. The highest BCUT2D eigenvalue weighted by Gasteiger charge is 2.30. The van der Waals surface area contributed by atoms with Gasteiger partial charge in [0.1, 0.15) is 15.9 Å². The van der Waals surface area contributed by atoms with Gasteiger partial charge in [-0.2, -0.15) is 0 Å². The maximum Gasteiger partial charge on any atom is 0.236 e. The van der Waals surface area contributed by atoms with E-state index in [0.29, 0.717) is 6.54 Å². The van der Waals surface area contributed by atoms with Crippen molar-refractivity contribution in [3.8, 4) is 0 Å². The minimum Gasteiger partial charge on any atom is -0.341 e. The molecule has 1 aliphatic rings. The molecule has 118 valence electrons. The average Bonchev–Trinajstić information content (AvgIpc) is 3.04. The Balaban J connectivity index is 1.85. The number of halogens is 1. The van der Waals surface area contributed by atoms with E-state index in [1.54, 1.807) is 6.20 Å². The number of nitrogens with zero attached hydrogens (tertiary/aromatic N) is 5. The van der Waals surface area contributed by atoms with Crippen LogP contribution in [0.1, 0.15) is 23.9 Å². The normalized spacial score (nSPS) is 18.6. The smallest absolute Gasteiger partial charge is 0.236 e. The molecule has 1 amide bonds. The third kappa shape index (κ3) is 2.75. The molecule has 3 heterocycles. The maximum absolute atomic E-state index is 12.2. The topological polar surface area (TPSA) is 53.7 Å². The molecule has 0 unspecified atom stereocenters. The molecule has 0 bridgehead atoms. The first-order valence-corrected chi connectivity index (χ1v) is 8.18. The molecule has 6 nitrogen and oxygen atoms in total. The first-order valence-electron chi connectivity index (χ1n) is 7.39. The van der Waals surface area contributed by atoms with E-state index in [2.05, 4.69) is 30.3 Å². The van der Waals surface area contributed by atoms with Crippen molar-refractivity contribution in [2.24, 2.45) is 0 Å². The standard InChI is InChI=1S/C15H20BrN5O/c1-10-13-14(16)18-15(21(13)7-5-17-10)11-4-6-20(8-11)12(22)9-19(2)3/h5,7,11H,4,6,8-9H2,1-3H3/t11-/m1/s1. The maximum atomic E-state index is 12.2. The van der Waals surface area contributed by atoms with Gasteiger partial charge in [-0.25, -0.2) is 4.98 Å². The molecular formula is C15H20BrN5O. The third-order valence-electron chi connectivity index (χ3n) is 4.08. The molecule has 1 saturated heterocycles. The molecule has 0 saturated carbocycles. The second kappa shape index (κ2) is 5.96. The first kappa shape index (κ1) is 15.4. The summed E-state index contributed by atoms with van der Waals surface area (Å²) < 4.78 is 2.92. The minimum absolute atomic E-state index is 0.185. The predicted molar refractivity (Wildman–Crippen MR) is 87.9 cm³/mol. The van der Waals surface area contributed by atoms with Crippen molar-refractivity contribution in [3.05, 3.63) is 28.5 Å². The van der Waals surface area contributed by atoms with Crippen molar-refractivity contribution in [1.29, 1.82) is 0 Å². The fraction of sp³-hybridized carbons (Fsp3) is 0.533. The van der Waals surface area contributed by atoms with E-state index in [1.165, 1.54) is 0 Å². The zero-order valence-corrected chi connectivity index (χ0v) is 14.7. The van der Waals surface area contributed by atoms with Crippen molar-refractivity contribution < 1.29 is 4.79 Å². The Morgan fingerprint density at radius 3 is 3.00 bits per heavy atom. The minimum atomic E-state index is 0.185. The zero-order chi connectivity index (χ0) is 15.9. The Hall–Kier alpha value is -1.47. The van der Waals surface area contributed by atoms with E-state index in [4.69, 9.17) is 0 Å². The molecule has 0 radical (unpaired) electrons. The van der Waals surface area contributed by atoms with Crippen LogP contribution in [0.25, 0.3) is 5.52 Å². The lowest BCUT2D eigenvalue weighted by molar-refractivity contribution is -0.130. The number of likely N-dealkylation sites (N-methyl/N-ethyl adjacent to an activating group) is 1. The summed E-state index contributed by atoms with van der Waals surface area (Å²) in [4.78, 5) is 25.0. The average molecular weight is 366 g/mol. The molecule has 1 aliphatic heterocycles. The molecule has 0 spiro atoms. The van der Waals surface area contributed by atoms with Gasteiger partial charge in [0, 0.05) is 31.4 Å². The molecule has 22 heavy (non-hydrogen) atoms. The van der Waals surface area contributed by atoms with Gasteiger partial charge < -0.3 is 9.80 Å². The number of fused-ring (bicyclic) bond motifs is 1. The summed E-state index contributed by atoms with van der Waals surface area (Å²) in [6.45, 7) is 3.97. The Labute approximate surface area is 138 Å². The van der Waals surface area contributed by atoms with Crippen LogP contribution in [0.5, 0.6) is 0 Å². The first-order chi connectivity index (χ1) is 10.5. The van der Waals surface area contributed by atoms with Gasteiger partial charge >= 0.3 is 0 Å². The second-order valence-corrected chi connectivity index (χ2v) is 6.81. The van der Waals surface area contributed by atoms with Crippen LogP contribution in [-0.4, -0.2) is 63.8 Å². The van der Waals surface area contributed by atoms with E-state index in [0.717, 1.165) is 41.1 Å². The van der Waals surface area contributed by atoms with Crippen LogP contribution in [0, 0.1) is 6.92 Å². The molecule has 0 aliphatic carbocycles.